The van der Waals surface area contributed by atoms with Crippen LogP contribution in [0.2, 0.25) is 0 Å². The second-order valence-corrected chi connectivity index (χ2v) is 7.75. The van der Waals surface area contributed by atoms with Crippen LogP contribution in [0.5, 0.6) is 0 Å². The number of hydrogen-bond acceptors (Lipinski definition) is 2. The van der Waals surface area contributed by atoms with Crippen molar-refractivity contribution in [2.24, 2.45) is 11.8 Å². The molecule has 7 heteroatoms. The Balaban J connectivity index is 0.00000261. The van der Waals surface area contributed by atoms with Gasteiger partial charge in [0.25, 0.3) is 0 Å². The topological polar surface area (TPSA) is 32.3 Å². The van der Waals surface area contributed by atoms with Crippen molar-refractivity contribution in [2.75, 3.05) is 19.6 Å². The molecule has 1 aromatic rings. The molecule has 1 heterocycles. The van der Waals surface area contributed by atoms with E-state index in [-0.39, 0.29) is 24.2 Å². The van der Waals surface area contributed by atoms with Crippen LogP contribution in [0.3, 0.4) is 0 Å². The SMILES string of the molecule is CC(Cc1ccc(C(F)(F)F)cc1)C(=O)N1CCC(NCC2CC2)CC1.Cl. The molecule has 2 fully saturated rings. The van der Waals surface area contributed by atoms with Crippen molar-refractivity contribution >= 4 is 18.3 Å². The molecule has 0 bridgehead atoms. The quantitative estimate of drug-likeness (QED) is 0.766. The highest BCUT2D eigenvalue weighted by Gasteiger charge is 2.30. The summed E-state index contributed by atoms with van der Waals surface area (Å²) in [6, 6.07) is 5.62. The van der Waals surface area contributed by atoms with Crippen LogP contribution >= 0.6 is 12.4 Å². The van der Waals surface area contributed by atoms with Crippen molar-refractivity contribution < 1.29 is 18.0 Å². The lowest BCUT2D eigenvalue weighted by molar-refractivity contribution is -0.138. The second kappa shape index (κ2) is 9.28. The van der Waals surface area contributed by atoms with Crippen molar-refractivity contribution in [3.8, 4) is 0 Å². The van der Waals surface area contributed by atoms with Gasteiger partial charge < -0.3 is 10.2 Å². The molecule has 2 aliphatic rings. The molecule has 1 saturated heterocycles. The lowest BCUT2D eigenvalue weighted by atomic mass is 9.97. The Morgan fingerprint density at radius 1 is 1.15 bits per heavy atom. The van der Waals surface area contributed by atoms with E-state index in [0.717, 1.165) is 56.1 Å². The number of nitrogens with zero attached hydrogens (tertiary/aromatic N) is 1. The Morgan fingerprint density at radius 3 is 2.26 bits per heavy atom. The summed E-state index contributed by atoms with van der Waals surface area (Å²) < 4.78 is 37.9. The van der Waals surface area contributed by atoms with E-state index in [4.69, 9.17) is 0 Å². The van der Waals surface area contributed by atoms with Gasteiger partial charge in [-0.1, -0.05) is 19.1 Å². The van der Waals surface area contributed by atoms with E-state index in [1.54, 1.807) is 0 Å². The third-order valence-electron chi connectivity index (χ3n) is 5.44. The number of halogens is 4. The van der Waals surface area contributed by atoms with E-state index in [9.17, 15) is 18.0 Å². The monoisotopic (exact) mass is 404 g/mol. The molecule has 0 radical (unpaired) electrons. The highest BCUT2D eigenvalue weighted by molar-refractivity contribution is 5.85. The van der Waals surface area contributed by atoms with Crippen LogP contribution in [0.4, 0.5) is 13.2 Å². The number of benzene rings is 1. The molecular weight excluding hydrogens is 377 g/mol. The van der Waals surface area contributed by atoms with Crippen molar-refractivity contribution in [3.63, 3.8) is 0 Å². The molecule has 1 saturated carbocycles. The fourth-order valence-corrected chi connectivity index (χ4v) is 3.54. The predicted octanol–water partition coefficient (Wildman–Crippen LogP) is 4.30. The lowest BCUT2D eigenvalue weighted by Gasteiger charge is -2.34. The molecule has 1 atom stereocenters. The maximum atomic E-state index is 12.6. The number of piperidine rings is 1. The summed E-state index contributed by atoms with van der Waals surface area (Å²) in [6.07, 6.45) is 0.781. The van der Waals surface area contributed by atoms with Gasteiger partial charge >= 0.3 is 6.18 Å². The fourth-order valence-electron chi connectivity index (χ4n) is 3.54. The van der Waals surface area contributed by atoms with Crippen LogP contribution in [-0.4, -0.2) is 36.5 Å². The Kier molecular flexibility index (Phi) is 7.57. The van der Waals surface area contributed by atoms with Crippen molar-refractivity contribution in [3.05, 3.63) is 35.4 Å². The van der Waals surface area contributed by atoms with Crippen molar-refractivity contribution in [1.29, 1.82) is 0 Å². The average Bonchev–Trinajstić information content (AvgIpc) is 3.44. The van der Waals surface area contributed by atoms with E-state index >= 15 is 0 Å². The zero-order chi connectivity index (χ0) is 18.7. The summed E-state index contributed by atoms with van der Waals surface area (Å²) in [7, 11) is 0. The molecule has 152 valence electrons. The third kappa shape index (κ3) is 6.39. The number of alkyl halides is 3. The summed E-state index contributed by atoms with van der Waals surface area (Å²) in [5, 5.41) is 3.60. The Hall–Kier alpha value is -1.27. The maximum Gasteiger partial charge on any atom is 0.416 e. The molecule has 1 unspecified atom stereocenters. The maximum absolute atomic E-state index is 12.6. The van der Waals surface area contributed by atoms with Gasteiger partial charge in [0, 0.05) is 25.0 Å². The fraction of sp³-hybridized carbons (Fsp3) is 0.650. The van der Waals surface area contributed by atoms with Gasteiger partial charge in [0.05, 0.1) is 5.56 Å². The highest BCUT2D eigenvalue weighted by atomic mass is 35.5. The minimum atomic E-state index is -4.32. The van der Waals surface area contributed by atoms with Gasteiger partial charge in [0.1, 0.15) is 0 Å². The lowest BCUT2D eigenvalue weighted by Crippen LogP contribution is -2.47. The predicted molar refractivity (Wildman–Crippen MR) is 102 cm³/mol. The minimum absolute atomic E-state index is 0. The third-order valence-corrected chi connectivity index (χ3v) is 5.44. The van der Waals surface area contributed by atoms with Crippen LogP contribution in [0.1, 0.15) is 43.7 Å². The summed E-state index contributed by atoms with van der Waals surface area (Å²) in [4.78, 5) is 14.5. The molecule has 1 N–H and O–H groups in total. The van der Waals surface area contributed by atoms with Gasteiger partial charge in [-0.05, 0) is 62.3 Å². The first kappa shape index (κ1) is 22.0. The zero-order valence-corrected chi connectivity index (χ0v) is 16.4. The second-order valence-electron chi connectivity index (χ2n) is 7.75. The smallest absolute Gasteiger partial charge is 0.342 e. The van der Waals surface area contributed by atoms with Crippen LogP contribution in [0.15, 0.2) is 24.3 Å². The first-order chi connectivity index (χ1) is 12.3. The van der Waals surface area contributed by atoms with E-state index in [1.165, 1.54) is 25.0 Å². The van der Waals surface area contributed by atoms with Crippen LogP contribution in [-0.2, 0) is 17.4 Å². The number of nitrogens with one attached hydrogen (secondary N) is 1. The molecule has 1 aromatic carbocycles. The van der Waals surface area contributed by atoms with Gasteiger partial charge in [0.2, 0.25) is 5.91 Å². The number of likely N-dealkylation sites (tertiary alicyclic amines) is 1. The van der Waals surface area contributed by atoms with E-state index in [0.29, 0.717) is 12.5 Å². The standard InChI is InChI=1S/C20H27F3N2O.ClH/c1-14(12-15-4-6-17(7-5-15)20(21,22)23)19(26)25-10-8-18(9-11-25)24-13-16-2-3-16;/h4-7,14,16,18,24H,2-3,8-13H2,1H3;1H. The van der Waals surface area contributed by atoms with Gasteiger partial charge in [-0.15, -0.1) is 12.4 Å². The summed E-state index contributed by atoms with van der Waals surface area (Å²) in [5.74, 6) is 0.742. The molecule has 27 heavy (non-hydrogen) atoms. The Morgan fingerprint density at radius 2 is 1.74 bits per heavy atom. The first-order valence-corrected chi connectivity index (χ1v) is 9.51. The van der Waals surface area contributed by atoms with Gasteiger partial charge in [-0.2, -0.15) is 13.2 Å². The molecule has 1 aliphatic heterocycles. The molecule has 1 amide bonds. The van der Waals surface area contributed by atoms with Gasteiger partial charge in [-0.3, -0.25) is 4.79 Å². The Labute approximate surface area is 165 Å². The molecule has 0 spiro atoms. The first-order valence-electron chi connectivity index (χ1n) is 9.51. The van der Waals surface area contributed by atoms with E-state index < -0.39 is 11.7 Å². The molecule has 1 aliphatic carbocycles. The van der Waals surface area contributed by atoms with E-state index in [2.05, 4.69) is 5.32 Å². The zero-order valence-electron chi connectivity index (χ0n) is 15.6. The molecule has 3 rings (SSSR count). The van der Waals surface area contributed by atoms with Crippen molar-refractivity contribution in [1.82, 2.24) is 10.2 Å². The van der Waals surface area contributed by atoms with Crippen LogP contribution in [0, 0.1) is 11.8 Å². The number of hydrogen-bond donors (Lipinski definition) is 1. The number of rotatable bonds is 6. The number of carbonyl (C=O) groups excluding carboxylic acids is 1. The molecular formula is C20H28ClF3N2O. The molecule has 3 nitrogen and oxygen atoms in total. The van der Waals surface area contributed by atoms with E-state index in [1.807, 2.05) is 11.8 Å². The van der Waals surface area contributed by atoms with Gasteiger partial charge in [-0.25, -0.2) is 0 Å². The van der Waals surface area contributed by atoms with Crippen LogP contribution < -0.4 is 5.32 Å². The molecule has 0 aromatic heterocycles. The Bertz CT molecular complexity index is 609. The summed E-state index contributed by atoms with van der Waals surface area (Å²) >= 11 is 0. The summed E-state index contributed by atoms with van der Waals surface area (Å²) in [6.45, 7) is 4.48. The largest absolute Gasteiger partial charge is 0.416 e. The highest BCUT2D eigenvalue weighted by Crippen LogP contribution is 2.30. The number of carbonyl (C=O) groups is 1. The average molecular weight is 405 g/mol. The minimum Gasteiger partial charge on any atom is -0.342 e. The van der Waals surface area contributed by atoms with Gasteiger partial charge in [0.15, 0.2) is 0 Å². The number of amides is 1. The summed E-state index contributed by atoms with van der Waals surface area (Å²) in [5.41, 5.74) is 0.112. The normalized spacial score (nSPS) is 19.5. The van der Waals surface area contributed by atoms with Crippen molar-refractivity contribution in [2.45, 2.75) is 51.2 Å². The van der Waals surface area contributed by atoms with Crippen LogP contribution in [0.25, 0.3) is 0 Å².